The smallest absolute Gasteiger partial charge is 0.357 e. The summed E-state index contributed by atoms with van der Waals surface area (Å²) in [4.78, 5) is 6.71. The van der Waals surface area contributed by atoms with Crippen LogP contribution in [0, 0.1) is 0 Å². The molecule has 92 valence electrons. The molecule has 0 spiro atoms. The van der Waals surface area contributed by atoms with E-state index in [2.05, 4.69) is 9.97 Å². The van der Waals surface area contributed by atoms with Crippen molar-refractivity contribution in [3.63, 3.8) is 0 Å². The van der Waals surface area contributed by atoms with Gasteiger partial charge in [-0.05, 0) is 18.2 Å². The van der Waals surface area contributed by atoms with E-state index in [9.17, 15) is 13.2 Å². The average Bonchev–Trinajstić information content (AvgIpc) is 2.57. The first-order chi connectivity index (χ1) is 7.68. The van der Waals surface area contributed by atoms with Gasteiger partial charge in [0.05, 0.1) is 11.0 Å². The highest BCUT2D eigenvalue weighted by atomic mass is 19.4. The first kappa shape index (κ1) is 12.0. The minimum absolute atomic E-state index is 0.140. The fourth-order valence-electron chi connectivity index (χ4n) is 1.57. The summed E-state index contributed by atoms with van der Waals surface area (Å²) in [5.41, 5.74) is 0.857. The molecule has 2 nitrogen and oxygen atoms in total. The molecule has 0 aliphatic rings. The standard InChI is InChI=1S/C12H13F3N2/c1-11(2,3)10-6-8-7(16-10)4-5-9(17-8)12(13,14)15/h4-6,16H,1-3H3. The molecular formula is C12H13F3N2. The molecule has 0 saturated carbocycles. The number of aromatic amines is 1. The largest absolute Gasteiger partial charge is 0.433 e. The number of pyridine rings is 1. The molecule has 0 amide bonds. The molecule has 17 heavy (non-hydrogen) atoms. The lowest BCUT2D eigenvalue weighted by Gasteiger charge is -2.15. The van der Waals surface area contributed by atoms with Crippen molar-refractivity contribution >= 4 is 11.0 Å². The van der Waals surface area contributed by atoms with Crippen LogP contribution < -0.4 is 0 Å². The summed E-state index contributed by atoms with van der Waals surface area (Å²) in [6.45, 7) is 5.97. The Morgan fingerprint density at radius 2 is 1.76 bits per heavy atom. The van der Waals surface area contributed by atoms with E-state index >= 15 is 0 Å². The van der Waals surface area contributed by atoms with E-state index in [4.69, 9.17) is 0 Å². The van der Waals surface area contributed by atoms with Gasteiger partial charge in [-0.1, -0.05) is 20.8 Å². The lowest BCUT2D eigenvalue weighted by Crippen LogP contribution is -2.10. The monoisotopic (exact) mass is 242 g/mol. The molecule has 0 saturated heterocycles. The third-order valence-electron chi connectivity index (χ3n) is 2.57. The summed E-state index contributed by atoms with van der Waals surface area (Å²) in [6, 6.07) is 4.08. The highest BCUT2D eigenvalue weighted by Gasteiger charge is 2.32. The zero-order chi connectivity index (χ0) is 12.8. The van der Waals surface area contributed by atoms with Crippen molar-refractivity contribution in [1.29, 1.82) is 0 Å². The van der Waals surface area contributed by atoms with E-state index in [1.165, 1.54) is 6.07 Å². The topological polar surface area (TPSA) is 28.7 Å². The molecule has 0 unspecified atom stereocenters. The van der Waals surface area contributed by atoms with Crippen LogP contribution in [0.2, 0.25) is 0 Å². The van der Waals surface area contributed by atoms with Gasteiger partial charge in [-0.3, -0.25) is 0 Å². The molecule has 0 radical (unpaired) electrons. The maximum absolute atomic E-state index is 12.5. The second-order valence-corrected chi connectivity index (χ2v) is 5.06. The normalized spacial score (nSPS) is 13.3. The third kappa shape index (κ3) is 2.28. The first-order valence-electron chi connectivity index (χ1n) is 5.25. The predicted octanol–water partition coefficient (Wildman–Crippen LogP) is 3.88. The van der Waals surface area contributed by atoms with Gasteiger partial charge in [0.15, 0.2) is 0 Å². The van der Waals surface area contributed by atoms with Gasteiger partial charge in [0.25, 0.3) is 0 Å². The molecule has 0 aliphatic heterocycles. The van der Waals surface area contributed by atoms with E-state index in [0.717, 1.165) is 11.8 Å². The molecule has 0 fully saturated rings. The van der Waals surface area contributed by atoms with Crippen LogP contribution in [0.15, 0.2) is 18.2 Å². The molecule has 2 aromatic heterocycles. The minimum Gasteiger partial charge on any atom is -0.357 e. The zero-order valence-corrected chi connectivity index (χ0v) is 9.81. The summed E-state index contributed by atoms with van der Waals surface area (Å²) in [7, 11) is 0. The van der Waals surface area contributed by atoms with Gasteiger partial charge in [-0.2, -0.15) is 13.2 Å². The summed E-state index contributed by atoms with van der Waals surface area (Å²) in [5, 5.41) is 0. The van der Waals surface area contributed by atoms with Crippen LogP contribution in [0.1, 0.15) is 32.2 Å². The van der Waals surface area contributed by atoms with Crippen molar-refractivity contribution in [1.82, 2.24) is 9.97 Å². The summed E-state index contributed by atoms with van der Waals surface area (Å²) < 4.78 is 37.5. The number of nitrogens with zero attached hydrogens (tertiary/aromatic N) is 1. The number of H-pyrrole nitrogens is 1. The van der Waals surface area contributed by atoms with Gasteiger partial charge in [-0.15, -0.1) is 0 Å². The van der Waals surface area contributed by atoms with E-state index < -0.39 is 11.9 Å². The van der Waals surface area contributed by atoms with Crippen LogP contribution in [-0.2, 0) is 11.6 Å². The lowest BCUT2D eigenvalue weighted by molar-refractivity contribution is -0.140. The molecule has 1 N–H and O–H groups in total. The van der Waals surface area contributed by atoms with Crippen molar-refractivity contribution in [3.8, 4) is 0 Å². The van der Waals surface area contributed by atoms with Crippen molar-refractivity contribution < 1.29 is 13.2 Å². The Morgan fingerprint density at radius 3 is 2.29 bits per heavy atom. The molecule has 0 atom stereocenters. The van der Waals surface area contributed by atoms with Crippen LogP contribution in [0.25, 0.3) is 11.0 Å². The highest BCUT2D eigenvalue weighted by Crippen LogP contribution is 2.30. The summed E-state index contributed by atoms with van der Waals surface area (Å²) >= 11 is 0. The number of fused-ring (bicyclic) bond motifs is 1. The Bertz CT molecular complexity index is 535. The van der Waals surface area contributed by atoms with Gasteiger partial charge in [0.1, 0.15) is 5.69 Å². The zero-order valence-electron chi connectivity index (χ0n) is 9.81. The van der Waals surface area contributed by atoms with Crippen molar-refractivity contribution in [2.24, 2.45) is 0 Å². The number of hydrogen-bond acceptors (Lipinski definition) is 1. The van der Waals surface area contributed by atoms with Gasteiger partial charge >= 0.3 is 6.18 Å². The fourth-order valence-corrected chi connectivity index (χ4v) is 1.57. The Hall–Kier alpha value is -1.52. The second-order valence-electron chi connectivity index (χ2n) is 5.06. The minimum atomic E-state index is -4.40. The first-order valence-corrected chi connectivity index (χ1v) is 5.25. The van der Waals surface area contributed by atoms with Gasteiger partial charge in [0.2, 0.25) is 0 Å². The third-order valence-corrected chi connectivity index (χ3v) is 2.57. The molecule has 2 aromatic rings. The van der Waals surface area contributed by atoms with Gasteiger partial charge in [-0.25, -0.2) is 4.98 Å². The molecule has 2 heterocycles. The van der Waals surface area contributed by atoms with Crippen LogP contribution in [0.5, 0.6) is 0 Å². The molecule has 0 aliphatic carbocycles. The number of aromatic nitrogens is 2. The number of alkyl halides is 3. The molecule has 0 bridgehead atoms. The highest BCUT2D eigenvalue weighted by molar-refractivity contribution is 5.76. The number of hydrogen-bond donors (Lipinski definition) is 1. The number of nitrogens with one attached hydrogen (secondary N) is 1. The Morgan fingerprint density at radius 1 is 1.12 bits per heavy atom. The van der Waals surface area contributed by atoms with E-state index in [-0.39, 0.29) is 5.41 Å². The van der Waals surface area contributed by atoms with E-state index in [1.807, 2.05) is 20.8 Å². The second kappa shape index (κ2) is 3.48. The van der Waals surface area contributed by atoms with Crippen LogP contribution in [0.4, 0.5) is 13.2 Å². The summed E-state index contributed by atoms with van der Waals surface area (Å²) in [5.74, 6) is 0. The SMILES string of the molecule is CC(C)(C)c1cc2nc(C(F)(F)F)ccc2[nH]1. The van der Waals surface area contributed by atoms with Crippen molar-refractivity contribution in [2.75, 3.05) is 0 Å². The lowest BCUT2D eigenvalue weighted by atomic mass is 9.93. The van der Waals surface area contributed by atoms with Crippen molar-refractivity contribution in [2.45, 2.75) is 32.4 Å². The number of halogens is 3. The van der Waals surface area contributed by atoms with Crippen LogP contribution in [0.3, 0.4) is 0 Å². The maximum Gasteiger partial charge on any atom is 0.433 e. The van der Waals surface area contributed by atoms with Crippen LogP contribution >= 0.6 is 0 Å². The Labute approximate surface area is 96.9 Å². The van der Waals surface area contributed by atoms with Gasteiger partial charge < -0.3 is 4.98 Å². The maximum atomic E-state index is 12.5. The van der Waals surface area contributed by atoms with Crippen molar-refractivity contribution in [3.05, 3.63) is 29.6 Å². The Kier molecular flexibility index (Phi) is 2.45. The quantitative estimate of drug-likeness (QED) is 0.746. The molecule has 2 rings (SSSR count). The predicted molar refractivity (Wildman–Crippen MR) is 59.8 cm³/mol. The van der Waals surface area contributed by atoms with E-state index in [1.54, 1.807) is 6.07 Å². The van der Waals surface area contributed by atoms with Gasteiger partial charge in [0, 0.05) is 11.1 Å². The fraction of sp³-hybridized carbons (Fsp3) is 0.417. The summed E-state index contributed by atoms with van der Waals surface area (Å²) in [6.07, 6.45) is -4.40. The molecule has 0 aromatic carbocycles. The molecule has 5 heteroatoms. The average molecular weight is 242 g/mol. The number of rotatable bonds is 0. The Balaban J connectivity index is 2.56. The van der Waals surface area contributed by atoms with Crippen LogP contribution in [-0.4, -0.2) is 9.97 Å². The molecular weight excluding hydrogens is 229 g/mol. The van der Waals surface area contributed by atoms with E-state index in [0.29, 0.717) is 11.0 Å².